The van der Waals surface area contributed by atoms with Gasteiger partial charge in [0, 0.05) is 32.5 Å². The Hall–Kier alpha value is -2.43. The molecule has 2 aromatic rings. The van der Waals surface area contributed by atoms with Crippen molar-refractivity contribution in [3.8, 4) is 0 Å². The van der Waals surface area contributed by atoms with E-state index in [0.29, 0.717) is 18.2 Å². The molecule has 2 aromatic heterocycles. The minimum Gasteiger partial charge on any atom is -0.373 e. The molecule has 0 fully saturated rings. The van der Waals surface area contributed by atoms with Crippen molar-refractivity contribution in [2.75, 3.05) is 25.0 Å². The molecule has 2 heterocycles. The van der Waals surface area contributed by atoms with E-state index < -0.39 is 0 Å². The summed E-state index contributed by atoms with van der Waals surface area (Å²) < 4.78 is 0. The summed E-state index contributed by atoms with van der Waals surface area (Å²) in [7, 11) is 2.02. The molecule has 0 atom stereocenters. The molecule has 0 unspecified atom stereocenters. The summed E-state index contributed by atoms with van der Waals surface area (Å²) in [6.45, 7) is 5.67. The van der Waals surface area contributed by atoms with Gasteiger partial charge in [0.15, 0.2) is 0 Å². The first-order chi connectivity index (χ1) is 11.1. The van der Waals surface area contributed by atoms with Gasteiger partial charge in [-0.05, 0) is 42.2 Å². The molecular weight excluding hydrogens is 288 g/mol. The third kappa shape index (κ3) is 5.36. The molecule has 0 aliphatic rings. The number of amides is 1. The van der Waals surface area contributed by atoms with Crippen molar-refractivity contribution in [3.63, 3.8) is 0 Å². The highest BCUT2D eigenvalue weighted by atomic mass is 16.1. The first-order valence-electron chi connectivity index (χ1n) is 7.90. The largest absolute Gasteiger partial charge is 0.373 e. The number of carbonyl (C=O) groups excluding carboxylic acids is 1. The Labute approximate surface area is 137 Å². The van der Waals surface area contributed by atoms with Gasteiger partial charge in [-0.1, -0.05) is 13.8 Å². The Morgan fingerprint density at radius 2 is 1.96 bits per heavy atom. The van der Waals surface area contributed by atoms with E-state index in [1.54, 1.807) is 24.7 Å². The number of likely N-dealkylation sites (N-methyl/N-ethyl adjacent to an activating group) is 1. The van der Waals surface area contributed by atoms with Gasteiger partial charge in [0.05, 0.1) is 11.9 Å². The third-order valence-corrected chi connectivity index (χ3v) is 3.58. The van der Waals surface area contributed by atoms with Gasteiger partial charge in [-0.3, -0.25) is 9.78 Å². The molecule has 0 saturated carbocycles. The van der Waals surface area contributed by atoms with E-state index in [-0.39, 0.29) is 5.91 Å². The third-order valence-electron chi connectivity index (χ3n) is 3.58. The van der Waals surface area contributed by atoms with Crippen LogP contribution in [0.1, 0.15) is 29.9 Å². The fourth-order valence-corrected chi connectivity index (χ4v) is 2.11. The Kier molecular flexibility index (Phi) is 6.09. The van der Waals surface area contributed by atoms with Gasteiger partial charge in [-0.15, -0.1) is 0 Å². The Balaban J connectivity index is 1.89. The molecule has 23 heavy (non-hydrogen) atoms. The summed E-state index contributed by atoms with van der Waals surface area (Å²) in [5.41, 5.74) is 2.71. The topological polar surface area (TPSA) is 58.1 Å². The lowest BCUT2D eigenvalue weighted by Gasteiger charge is -2.19. The van der Waals surface area contributed by atoms with Crippen LogP contribution in [-0.2, 0) is 6.42 Å². The van der Waals surface area contributed by atoms with Crippen molar-refractivity contribution in [2.24, 2.45) is 5.92 Å². The lowest BCUT2D eigenvalue weighted by molar-refractivity contribution is 0.0944. The second kappa shape index (κ2) is 8.27. The van der Waals surface area contributed by atoms with Crippen molar-refractivity contribution in [2.45, 2.75) is 20.3 Å². The van der Waals surface area contributed by atoms with Gasteiger partial charge < -0.3 is 10.2 Å². The lowest BCUT2D eigenvalue weighted by atomic mass is 10.2. The van der Waals surface area contributed by atoms with E-state index in [1.807, 2.05) is 25.2 Å². The molecule has 5 heteroatoms. The second-order valence-corrected chi connectivity index (χ2v) is 6.03. The predicted molar refractivity (Wildman–Crippen MR) is 92.6 cm³/mol. The first kappa shape index (κ1) is 16.9. The van der Waals surface area contributed by atoms with Crippen LogP contribution in [0.5, 0.6) is 0 Å². The predicted octanol–water partition coefficient (Wildman–Crippen LogP) is 2.54. The molecule has 0 aromatic carbocycles. The highest BCUT2D eigenvalue weighted by molar-refractivity contribution is 5.92. The standard InChI is InChI=1S/C18H24N4O/c1-14(2)12-21-18(23)17-5-4-16(13-20-17)22(3)11-8-15-6-9-19-10-7-15/h4-7,9-10,13-14H,8,11-12H2,1-3H3,(H,21,23). The zero-order valence-electron chi connectivity index (χ0n) is 14.0. The van der Waals surface area contributed by atoms with Gasteiger partial charge in [-0.25, -0.2) is 4.98 Å². The maximum absolute atomic E-state index is 11.9. The molecule has 0 spiro atoms. The van der Waals surface area contributed by atoms with Crippen LogP contribution in [0.2, 0.25) is 0 Å². The Morgan fingerprint density at radius 3 is 2.57 bits per heavy atom. The summed E-state index contributed by atoms with van der Waals surface area (Å²) in [6.07, 6.45) is 6.30. The van der Waals surface area contributed by atoms with Crippen LogP contribution >= 0.6 is 0 Å². The summed E-state index contributed by atoms with van der Waals surface area (Å²) in [5, 5.41) is 2.87. The molecule has 0 radical (unpaired) electrons. The molecule has 0 aliphatic carbocycles. The number of aromatic nitrogens is 2. The van der Waals surface area contributed by atoms with Crippen molar-refractivity contribution in [3.05, 3.63) is 54.1 Å². The van der Waals surface area contributed by atoms with Crippen LogP contribution < -0.4 is 10.2 Å². The van der Waals surface area contributed by atoms with E-state index in [2.05, 4.69) is 34.0 Å². The fourth-order valence-electron chi connectivity index (χ4n) is 2.11. The molecule has 1 amide bonds. The Bertz CT molecular complexity index is 611. The van der Waals surface area contributed by atoms with Crippen LogP contribution in [0, 0.1) is 5.92 Å². The molecule has 0 bridgehead atoms. The first-order valence-corrected chi connectivity index (χ1v) is 7.90. The van der Waals surface area contributed by atoms with Crippen LogP contribution in [-0.4, -0.2) is 36.0 Å². The number of hydrogen-bond acceptors (Lipinski definition) is 4. The van der Waals surface area contributed by atoms with Crippen LogP contribution in [0.4, 0.5) is 5.69 Å². The Morgan fingerprint density at radius 1 is 1.22 bits per heavy atom. The number of nitrogens with zero attached hydrogens (tertiary/aromatic N) is 3. The molecule has 1 N–H and O–H groups in total. The van der Waals surface area contributed by atoms with Crippen LogP contribution in [0.15, 0.2) is 42.9 Å². The van der Waals surface area contributed by atoms with Gasteiger partial charge in [0.1, 0.15) is 5.69 Å². The maximum Gasteiger partial charge on any atom is 0.269 e. The number of anilines is 1. The zero-order valence-corrected chi connectivity index (χ0v) is 14.0. The maximum atomic E-state index is 11.9. The van der Waals surface area contributed by atoms with E-state index in [1.165, 1.54) is 5.56 Å². The highest BCUT2D eigenvalue weighted by Crippen LogP contribution is 2.12. The molecular formula is C18H24N4O. The smallest absolute Gasteiger partial charge is 0.269 e. The molecule has 2 rings (SSSR count). The van der Waals surface area contributed by atoms with Gasteiger partial charge in [0.25, 0.3) is 5.91 Å². The minimum absolute atomic E-state index is 0.121. The number of pyridine rings is 2. The summed E-state index contributed by atoms with van der Waals surface area (Å²) >= 11 is 0. The molecule has 0 aliphatic heterocycles. The lowest BCUT2D eigenvalue weighted by Crippen LogP contribution is -2.28. The van der Waals surface area contributed by atoms with Crippen molar-refractivity contribution >= 4 is 11.6 Å². The average Bonchev–Trinajstić information content (AvgIpc) is 2.58. The number of nitrogens with one attached hydrogen (secondary N) is 1. The van der Waals surface area contributed by atoms with Crippen LogP contribution in [0.3, 0.4) is 0 Å². The molecule has 122 valence electrons. The number of hydrogen-bond donors (Lipinski definition) is 1. The normalized spacial score (nSPS) is 10.6. The van der Waals surface area contributed by atoms with Crippen molar-refractivity contribution in [1.29, 1.82) is 0 Å². The van der Waals surface area contributed by atoms with Gasteiger partial charge in [-0.2, -0.15) is 0 Å². The highest BCUT2D eigenvalue weighted by Gasteiger charge is 2.08. The summed E-state index contributed by atoms with van der Waals surface area (Å²) in [4.78, 5) is 22.4. The molecule has 0 saturated heterocycles. The zero-order chi connectivity index (χ0) is 16.7. The van der Waals surface area contributed by atoms with E-state index >= 15 is 0 Å². The number of rotatable bonds is 7. The SMILES string of the molecule is CC(C)CNC(=O)c1ccc(N(C)CCc2ccncc2)cn1. The van der Waals surface area contributed by atoms with Gasteiger partial charge in [0.2, 0.25) is 0 Å². The summed E-state index contributed by atoms with van der Waals surface area (Å²) in [6, 6.07) is 7.75. The van der Waals surface area contributed by atoms with Gasteiger partial charge >= 0.3 is 0 Å². The van der Waals surface area contributed by atoms with E-state index in [9.17, 15) is 4.79 Å². The summed E-state index contributed by atoms with van der Waals surface area (Å²) in [5.74, 6) is 0.308. The van der Waals surface area contributed by atoms with Crippen molar-refractivity contribution < 1.29 is 4.79 Å². The van der Waals surface area contributed by atoms with Crippen LogP contribution in [0.25, 0.3) is 0 Å². The minimum atomic E-state index is -0.121. The average molecular weight is 312 g/mol. The second-order valence-electron chi connectivity index (χ2n) is 6.03. The van der Waals surface area contributed by atoms with E-state index in [0.717, 1.165) is 18.7 Å². The monoisotopic (exact) mass is 312 g/mol. The quantitative estimate of drug-likeness (QED) is 0.853. The number of carbonyl (C=O) groups is 1. The van der Waals surface area contributed by atoms with Crippen molar-refractivity contribution in [1.82, 2.24) is 15.3 Å². The molecule has 5 nitrogen and oxygen atoms in total. The fraction of sp³-hybridized carbons (Fsp3) is 0.389. The van der Waals surface area contributed by atoms with E-state index in [4.69, 9.17) is 0 Å².